The molecule has 0 aromatic heterocycles. The zero-order chi connectivity index (χ0) is 20.4. The van der Waals surface area contributed by atoms with Crippen LogP contribution in [-0.2, 0) is 0 Å². The molecular formula is C26H35NO. The van der Waals surface area contributed by atoms with Crippen LogP contribution < -0.4 is 0 Å². The van der Waals surface area contributed by atoms with Gasteiger partial charge >= 0.3 is 0 Å². The zero-order valence-corrected chi connectivity index (χ0v) is 17.9. The van der Waals surface area contributed by atoms with Crippen molar-refractivity contribution in [3.8, 4) is 0 Å². The molecule has 28 heavy (non-hydrogen) atoms. The van der Waals surface area contributed by atoms with Crippen molar-refractivity contribution >= 4 is 12.0 Å². The molecule has 0 aliphatic carbocycles. The number of hydrogen-bond acceptors (Lipinski definition) is 1. The number of benzene rings is 2. The van der Waals surface area contributed by atoms with Crippen molar-refractivity contribution in [2.45, 2.75) is 53.4 Å². The Hall–Kier alpha value is -2.35. The van der Waals surface area contributed by atoms with Gasteiger partial charge in [-0.15, -0.1) is 0 Å². The minimum atomic E-state index is 0.128. The van der Waals surface area contributed by atoms with Gasteiger partial charge in [0, 0.05) is 18.7 Å². The molecule has 0 aliphatic rings. The average Bonchev–Trinajstić information content (AvgIpc) is 2.68. The maximum atomic E-state index is 13.2. The standard InChI is InChI=1S/C26H35NO/c1-5-6-8-13-24(18-23-11-9-7-10-12-23)20-27(19-21(2)3)26(28)25-16-14-22(4)15-17-25/h7,9-12,14-18,21H,5-6,8,13,19-20H2,1-4H3. The fraction of sp³-hybridized carbons (Fsp3) is 0.423. The summed E-state index contributed by atoms with van der Waals surface area (Å²) in [5.74, 6) is 0.561. The molecular weight excluding hydrogens is 342 g/mol. The van der Waals surface area contributed by atoms with Crippen molar-refractivity contribution in [2.75, 3.05) is 13.1 Å². The molecule has 2 heteroatoms. The lowest BCUT2D eigenvalue weighted by molar-refractivity contribution is 0.0751. The number of hydrogen-bond donors (Lipinski definition) is 0. The Morgan fingerprint density at radius 1 is 1.00 bits per heavy atom. The predicted molar refractivity (Wildman–Crippen MR) is 120 cm³/mol. The summed E-state index contributed by atoms with van der Waals surface area (Å²) < 4.78 is 0. The van der Waals surface area contributed by atoms with Crippen molar-refractivity contribution in [1.82, 2.24) is 4.90 Å². The Morgan fingerprint density at radius 3 is 2.29 bits per heavy atom. The molecule has 2 aromatic carbocycles. The van der Waals surface area contributed by atoms with Gasteiger partial charge in [0.25, 0.3) is 5.91 Å². The molecule has 0 atom stereocenters. The topological polar surface area (TPSA) is 20.3 Å². The van der Waals surface area contributed by atoms with Crippen molar-refractivity contribution in [1.29, 1.82) is 0 Å². The lowest BCUT2D eigenvalue weighted by Crippen LogP contribution is -2.35. The van der Waals surface area contributed by atoms with Crippen LogP contribution in [0.25, 0.3) is 6.08 Å². The number of unbranched alkanes of at least 4 members (excludes halogenated alkanes) is 2. The highest BCUT2D eigenvalue weighted by molar-refractivity contribution is 5.94. The van der Waals surface area contributed by atoms with Crippen molar-refractivity contribution < 1.29 is 4.79 Å². The monoisotopic (exact) mass is 377 g/mol. The first-order chi connectivity index (χ1) is 13.5. The molecule has 0 saturated carbocycles. The predicted octanol–water partition coefficient (Wildman–Crippen LogP) is 6.76. The van der Waals surface area contributed by atoms with E-state index in [0.29, 0.717) is 12.5 Å². The summed E-state index contributed by atoms with van der Waals surface area (Å²) in [6.45, 7) is 10.1. The summed E-state index contributed by atoms with van der Waals surface area (Å²) >= 11 is 0. The summed E-state index contributed by atoms with van der Waals surface area (Å²) in [6, 6.07) is 18.4. The van der Waals surface area contributed by atoms with Crippen LogP contribution >= 0.6 is 0 Å². The van der Waals surface area contributed by atoms with Crippen molar-refractivity contribution in [3.05, 3.63) is 76.9 Å². The summed E-state index contributed by atoms with van der Waals surface area (Å²) in [5, 5.41) is 0. The summed E-state index contributed by atoms with van der Waals surface area (Å²) in [4.78, 5) is 15.2. The molecule has 0 unspecified atom stereocenters. The first kappa shape index (κ1) is 21.9. The number of nitrogens with zero attached hydrogens (tertiary/aromatic N) is 1. The second-order valence-electron chi connectivity index (χ2n) is 8.12. The summed E-state index contributed by atoms with van der Waals surface area (Å²) in [7, 11) is 0. The molecule has 150 valence electrons. The normalized spacial score (nSPS) is 11.7. The van der Waals surface area contributed by atoms with E-state index in [1.165, 1.54) is 36.0 Å². The number of amides is 1. The molecule has 0 N–H and O–H groups in total. The van der Waals surface area contributed by atoms with Crippen LogP contribution in [0.15, 0.2) is 60.2 Å². The Kier molecular flexibility index (Phi) is 9.00. The van der Waals surface area contributed by atoms with Crippen LogP contribution in [0.5, 0.6) is 0 Å². The second-order valence-corrected chi connectivity index (χ2v) is 8.12. The smallest absolute Gasteiger partial charge is 0.254 e. The van der Waals surface area contributed by atoms with E-state index in [2.05, 4.69) is 58.0 Å². The van der Waals surface area contributed by atoms with Crippen LogP contribution in [-0.4, -0.2) is 23.9 Å². The van der Waals surface area contributed by atoms with Gasteiger partial charge in [-0.1, -0.05) is 93.3 Å². The molecule has 0 radical (unpaired) electrons. The van der Waals surface area contributed by atoms with Crippen molar-refractivity contribution in [3.63, 3.8) is 0 Å². The van der Waals surface area contributed by atoms with Crippen molar-refractivity contribution in [2.24, 2.45) is 5.92 Å². The highest BCUT2D eigenvalue weighted by Crippen LogP contribution is 2.18. The highest BCUT2D eigenvalue weighted by Gasteiger charge is 2.18. The zero-order valence-electron chi connectivity index (χ0n) is 17.9. The van der Waals surface area contributed by atoms with Crippen LogP contribution in [0, 0.1) is 12.8 Å². The van der Waals surface area contributed by atoms with Gasteiger partial charge in [0.15, 0.2) is 0 Å². The van der Waals surface area contributed by atoms with Gasteiger partial charge in [-0.2, -0.15) is 0 Å². The Labute approximate surface area is 171 Å². The lowest BCUT2D eigenvalue weighted by atomic mass is 10.0. The van der Waals surface area contributed by atoms with Gasteiger partial charge in [-0.3, -0.25) is 4.79 Å². The van der Waals surface area contributed by atoms with Crippen LogP contribution in [0.2, 0.25) is 0 Å². The van der Waals surface area contributed by atoms with Crippen LogP contribution in [0.4, 0.5) is 0 Å². The second kappa shape index (κ2) is 11.5. The van der Waals surface area contributed by atoms with E-state index >= 15 is 0 Å². The number of carbonyl (C=O) groups excluding carboxylic acids is 1. The van der Waals surface area contributed by atoms with E-state index in [1.807, 2.05) is 35.2 Å². The van der Waals surface area contributed by atoms with E-state index in [-0.39, 0.29) is 5.91 Å². The van der Waals surface area contributed by atoms with Gasteiger partial charge in [0.2, 0.25) is 0 Å². The first-order valence-corrected chi connectivity index (χ1v) is 10.6. The lowest BCUT2D eigenvalue weighted by Gasteiger charge is -2.26. The van der Waals surface area contributed by atoms with Gasteiger partial charge in [0.05, 0.1) is 0 Å². The van der Waals surface area contributed by atoms with Gasteiger partial charge in [-0.25, -0.2) is 0 Å². The summed E-state index contributed by atoms with van der Waals surface area (Å²) in [6.07, 6.45) is 6.91. The van der Waals surface area contributed by atoms with Gasteiger partial charge in [-0.05, 0) is 43.4 Å². The summed E-state index contributed by atoms with van der Waals surface area (Å²) in [5.41, 5.74) is 4.50. The minimum absolute atomic E-state index is 0.128. The molecule has 2 rings (SSSR count). The molecule has 1 amide bonds. The van der Waals surface area contributed by atoms with E-state index < -0.39 is 0 Å². The Balaban J connectivity index is 2.24. The molecule has 0 saturated heterocycles. The third kappa shape index (κ3) is 7.34. The van der Waals surface area contributed by atoms with Gasteiger partial charge < -0.3 is 4.90 Å². The molecule has 0 heterocycles. The van der Waals surface area contributed by atoms with Crippen LogP contribution in [0.1, 0.15) is 67.9 Å². The molecule has 0 aliphatic heterocycles. The maximum absolute atomic E-state index is 13.2. The molecule has 2 aromatic rings. The largest absolute Gasteiger partial charge is 0.334 e. The molecule has 0 spiro atoms. The third-order valence-electron chi connectivity index (χ3n) is 4.84. The quantitative estimate of drug-likeness (QED) is 0.419. The first-order valence-electron chi connectivity index (χ1n) is 10.6. The molecule has 0 bridgehead atoms. The Morgan fingerprint density at radius 2 is 1.68 bits per heavy atom. The maximum Gasteiger partial charge on any atom is 0.254 e. The number of carbonyl (C=O) groups is 1. The minimum Gasteiger partial charge on any atom is -0.334 e. The number of rotatable bonds is 10. The third-order valence-corrected chi connectivity index (χ3v) is 4.84. The average molecular weight is 378 g/mol. The molecule has 2 nitrogen and oxygen atoms in total. The fourth-order valence-electron chi connectivity index (χ4n) is 3.37. The van der Waals surface area contributed by atoms with Crippen LogP contribution in [0.3, 0.4) is 0 Å². The SMILES string of the molecule is CCCCCC(=Cc1ccccc1)CN(CC(C)C)C(=O)c1ccc(C)cc1. The highest BCUT2D eigenvalue weighted by atomic mass is 16.2. The van der Waals surface area contributed by atoms with E-state index in [0.717, 1.165) is 18.5 Å². The Bertz CT molecular complexity index is 744. The van der Waals surface area contributed by atoms with Gasteiger partial charge in [0.1, 0.15) is 0 Å². The van der Waals surface area contributed by atoms with E-state index in [4.69, 9.17) is 0 Å². The fourth-order valence-corrected chi connectivity index (χ4v) is 3.37. The molecule has 0 fully saturated rings. The van der Waals surface area contributed by atoms with E-state index in [1.54, 1.807) is 0 Å². The van der Waals surface area contributed by atoms with E-state index in [9.17, 15) is 4.79 Å². The number of aryl methyl sites for hydroxylation is 1.